The fourth-order valence-electron chi connectivity index (χ4n) is 2.70. The highest BCUT2D eigenvalue weighted by atomic mass is 35.5. The molecule has 0 atom stereocenters. The largest absolute Gasteiger partial charge is 0.467 e. The van der Waals surface area contributed by atoms with Crippen molar-refractivity contribution in [3.05, 3.63) is 75.9 Å². The molecular weight excluding hydrogens is 342 g/mol. The van der Waals surface area contributed by atoms with E-state index in [9.17, 15) is 9.59 Å². The first-order valence-electron chi connectivity index (χ1n) is 7.62. The Kier molecular flexibility index (Phi) is 4.76. The number of allylic oxidation sites excluding steroid dienone is 1. The minimum Gasteiger partial charge on any atom is -0.467 e. The van der Waals surface area contributed by atoms with E-state index in [-0.39, 0.29) is 18.0 Å². The van der Waals surface area contributed by atoms with Gasteiger partial charge in [0.1, 0.15) is 5.76 Å². The summed E-state index contributed by atoms with van der Waals surface area (Å²) < 4.78 is 10.2. The lowest BCUT2D eigenvalue weighted by atomic mass is 10.0. The van der Waals surface area contributed by atoms with Gasteiger partial charge in [-0.1, -0.05) is 23.7 Å². The lowest BCUT2D eigenvalue weighted by molar-refractivity contribution is -0.136. The highest BCUT2D eigenvalue weighted by Gasteiger charge is 2.37. The number of benzene rings is 1. The average Bonchev–Trinajstić information content (AvgIpc) is 3.19. The maximum absolute atomic E-state index is 12.9. The summed E-state index contributed by atoms with van der Waals surface area (Å²) in [6, 6.07) is 10.5. The SMILES string of the molecule is COC(=O)C1=C(C)N(Cc2ccco2)C(=O)/C1=C\c1ccc(Cl)cc1. The van der Waals surface area contributed by atoms with Gasteiger partial charge in [0.15, 0.2) is 0 Å². The molecule has 0 saturated carbocycles. The van der Waals surface area contributed by atoms with E-state index >= 15 is 0 Å². The molecule has 0 saturated heterocycles. The molecule has 5 nitrogen and oxygen atoms in total. The van der Waals surface area contributed by atoms with Gasteiger partial charge in [0, 0.05) is 10.7 Å². The van der Waals surface area contributed by atoms with E-state index in [0.717, 1.165) is 5.56 Å². The predicted molar refractivity (Wildman–Crippen MR) is 93.4 cm³/mol. The van der Waals surface area contributed by atoms with Gasteiger partial charge in [-0.2, -0.15) is 0 Å². The van der Waals surface area contributed by atoms with Crippen LogP contribution >= 0.6 is 11.6 Å². The molecule has 0 unspecified atom stereocenters. The zero-order valence-electron chi connectivity index (χ0n) is 13.8. The van der Waals surface area contributed by atoms with Crippen LogP contribution in [0.2, 0.25) is 5.02 Å². The Morgan fingerprint density at radius 2 is 2.00 bits per heavy atom. The van der Waals surface area contributed by atoms with Crippen LogP contribution in [0.1, 0.15) is 18.2 Å². The maximum Gasteiger partial charge on any atom is 0.340 e. The average molecular weight is 358 g/mol. The zero-order valence-corrected chi connectivity index (χ0v) is 14.5. The fourth-order valence-corrected chi connectivity index (χ4v) is 2.83. The number of hydrogen-bond acceptors (Lipinski definition) is 4. The second kappa shape index (κ2) is 6.99. The van der Waals surface area contributed by atoms with E-state index in [1.54, 1.807) is 55.7 Å². The number of amides is 1. The monoisotopic (exact) mass is 357 g/mol. The van der Waals surface area contributed by atoms with Gasteiger partial charge in [-0.3, -0.25) is 4.79 Å². The number of carbonyl (C=O) groups excluding carboxylic acids is 2. The van der Waals surface area contributed by atoms with Gasteiger partial charge < -0.3 is 14.1 Å². The van der Waals surface area contributed by atoms with Crippen LogP contribution in [0.25, 0.3) is 6.08 Å². The summed E-state index contributed by atoms with van der Waals surface area (Å²) in [7, 11) is 1.29. The first-order valence-corrected chi connectivity index (χ1v) is 8.00. The van der Waals surface area contributed by atoms with Crippen LogP contribution in [0.15, 0.2) is 63.9 Å². The molecule has 25 heavy (non-hydrogen) atoms. The van der Waals surface area contributed by atoms with Crippen LogP contribution in [0.4, 0.5) is 0 Å². The molecule has 0 fully saturated rings. The van der Waals surface area contributed by atoms with E-state index in [4.69, 9.17) is 20.8 Å². The molecule has 0 N–H and O–H groups in total. The van der Waals surface area contributed by atoms with E-state index in [0.29, 0.717) is 22.1 Å². The van der Waals surface area contributed by atoms with Crippen LogP contribution in [0.5, 0.6) is 0 Å². The van der Waals surface area contributed by atoms with Gasteiger partial charge in [0.05, 0.1) is 31.1 Å². The first kappa shape index (κ1) is 17.0. The Bertz CT molecular complexity index is 863. The van der Waals surface area contributed by atoms with Crippen molar-refractivity contribution in [3.63, 3.8) is 0 Å². The zero-order chi connectivity index (χ0) is 18.0. The van der Waals surface area contributed by atoms with Crippen molar-refractivity contribution >= 4 is 29.6 Å². The molecule has 1 aliphatic heterocycles. The highest BCUT2D eigenvalue weighted by molar-refractivity contribution is 6.30. The normalized spacial score (nSPS) is 16.0. The Balaban J connectivity index is 2.02. The fraction of sp³-hybridized carbons (Fsp3) is 0.158. The number of carbonyl (C=O) groups is 2. The molecule has 1 amide bonds. The van der Waals surface area contributed by atoms with Crippen molar-refractivity contribution in [3.8, 4) is 0 Å². The molecule has 6 heteroatoms. The van der Waals surface area contributed by atoms with Crippen molar-refractivity contribution in [2.45, 2.75) is 13.5 Å². The minimum absolute atomic E-state index is 0.246. The summed E-state index contributed by atoms with van der Waals surface area (Å²) in [6.07, 6.45) is 3.21. The molecule has 2 heterocycles. The molecule has 0 bridgehead atoms. The first-order chi connectivity index (χ1) is 12.0. The van der Waals surface area contributed by atoms with E-state index in [2.05, 4.69) is 0 Å². The van der Waals surface area contributed by atoms with Crippen LogP contribution in [0.3, 0.4) is 0 Å². The number of ether oxygens (including phenoxy) is 1. The molecule has 0 spiro atoms. The maximum atomic E-state index is 12.9. The summed E-state index contributed by atoms with van der Waals surface area (Å²) in [5.74, 6) is -0.193. The Labute approximate surface area is 150 Å². The number of hydrogen-bond donors (Lipinski definition) is 0. The smallest absolute Gasteiger partial charge is 0.340 e. The summed E-state index contributed by atoms with van der Waals surface area (Å²) in [5, 5.41) is 0.597. The quantitative estimate of drug-likeness (QED) is 0.616. The van der Waals surface area contributed by atoms with Gasteiger partial charge in [-0.15, -0.1) is 0 Å². The molecule has 0 radical (unpaired) electrons. The van der Waals surface area contributed by atoms with Crippen molar-refractivity contribution in [1.29, 1.82) is 0 Å². The van der Waals surface area contributed by atoms with Crippen molar-refractivity contribution < 1.29 is 18.7 Å². The van der Waals surface area contributed by atoms with Crippen molar-refractivity contribution in [2.24, 2.45) is 0 Å². The standard InChI is InChI=1S/C19H16ClNO4/c1-12-17(19(23)24-2)16(10-13-5-7-14(20)8-6-13)18(22)21(12)11-15-4-3-9-25-15/h3-10H,11H2,1-2H3/b16-10-. The van der Waals surface area contributed by atoms with Gasteiger partial charge in [-0.05, 0) is 42.8 Å². The van der Waals surface area contributed by atoms with Crippen LogP contribution < -0.4 is 0 Å². The molecule has 1 aromatic carbocycles. The van der Waals surface area contributed by atoms with Gasteiger partial charge in [0.25, 0.3) is 5.91 Å². The molecule has 1 aromatic heterocycles. The Hall–Kier alpha value is -2.79. The number of esters is 1. The molecule has 2 aromatic rings. The van der Waals surface area contributed by atoms with Gasteiger partial charge >= 0.3 is 5.97 Å². The van der Waals surface area contributed by atoms with E-state index < -0.39 is 5.97 Å². The highest BCUT2D eigenvalue weighted by Crippen LogP contribution is 2.33. The lowest BCUT2D eigenvalue weighted by Gasteiger charge is -2.16. The summed E-state index contributed by atoms with van der Waals surface area (Å²) in [6.45, 7) is 1.96. The predicted octanol–water partition coefficient (Wildman–Crippen LogP) is 3.81. The Morgan fingerprint density at radius 3 is 2.60 bits per heavy atom. The second-order valence-corrected chi connectivity index (χ2v) is 5.97. The molecule has 3 rings (SSSR count). The third kappa shape index (κ3) is 3.37. The lowest BCUT2D eigenvalue weighted by Crippen LogP contribution is -2.24. The topological polar surface area (TPSA) is 59.8 Å². The number of halogens is 1. The summed E-state index contributed by atoms with van der Waals surface area (Å²) in [5.41, 5.74) is 1.85. The number of methoxy groups -OCH3 is 1. The van der Waals surface area contributed by atoms with Crippen molar-refractivity contribution in [1.82, 2.24) is 4.90 Å². The van der Waals surface area contributed by atoms with E-state index in [1.165, 1.54) is 12.0 Å². The molecule has 1 aliphatic rings. The van der Waals surface area contributed by atoms with Gasteiger partial charge in [0.2, 0.25) is 0 Å². The number of furan rings is 1. The third-order valence-electron chi connectivity index (χ3n) is 3.98. The van der Waals surface area contributed by atoms with Gasteiger partial charge in [-0.25, -0.2) is 4.79 Å². The molecular formula is C19H16ClNO4. The van der Waals surface area contributed by atoms with Crippen LogP contribution in [-0.4, -0.2) is 23.9 Å². The summed E-state index contributed by atoms with van der Waals surface area (Å²) >= 11 is 5.89. The second-order valence-electron chi connectivity index (χ2n) is 5.53. The van der Waals surface area contributed by atoms with Crippen LogP contribution in [0, 0.1) is 0 Å². The van der Waals surface area contributed by atoms with Crippen molar-refractivity contribution in [2.75, 3.05) is 7.11 Å². The third-order valence-corrected chi connectivity index (χ3v) is 4.23. The Morgan fingerprint density at radius 1 is 1.28 bits per heavy atom. The minimum atomic E-state index is -0.548. The number of rotatable bonds is 4. The van der Waals surface area contributed by atoms with Crippen LogP contribution in [-0.2, 0) is 20.9 Å². The molecule has 0 aliphatic carbocycles. The molecule has 128 valence electrons. The number of nitrogens with zero attached hydrogens (tertiary/aromatic N) is 1. The van der Waals surface area contributed by atoms with E-state index in [1.807, 2.05) is 0 Å². The summed E-state index contributed by atoms with van der Waals surface area (Å²) in [4.78, 5) is 26.6.